The Morgan fingerprint density at radius 1 is 1.71 bits per heavy atom. The number of nitrogens with zero attached hydrogens (tertiary/aromatic N) is 2. The van der Waals surface area contributed by atoms with E-state index in [1.54, 1.807) is 33.0 Å². The van der Waals surface area contributed by atoms with E-state index in [0.717, 1.165) is 0 Å². The molecule has 1 aromatic heterocycles. The van der Waals surface area contributed by atoms with Crippen LogP contribution in [0.15, 0.2) is 12.3 Å². The van der Waals surface area contributed by atoms with Crippen molar-refractivity contribution in [2.75, 3.05) is 12.3 Å². The largest absolute Gasteiger partial charge is 0.464 e. The molecule has 1 heterocycles. The highest BCUT2D eigenvalue weighted by atomic mass is 16.5. The molecule has 2 N–H and O–H groups in total. The van der Waals surface area contributed by atoms with Gasteiger partial charge in [0, 0.05) is 6.20 Å². The quantitative estimate of drug-likeness (QED) is 0.726. The van der Waals surface area contributed by atoms with Gasteiger partial charge >= 0.3 is 5.97 Å². The highest BCUT2D eigenvalue weighted by molar-refractivity contribution is 5.77. The molecule has 0 saturated heterocycles. The third-order valence-electron chi connectivity index (χ3n) is 1.96. The monoisotopic (exact) mass is 197 g/mol. The van der Waals surface area contributed by atoms with Gasteiger partial charge in [-0.15, -0.1) is 0 Å². The van der Waals surface area contributed by atoms with Crippen LogP contribution in [0.4, 0.5) is 5.82 Å². The maximum atomic E-state index is 11.6. The van der Waals surface area contributed by atoms with E-state index in [0.29, 0.717) is 12.4 Å². The van der Waals surface area contributed by atoms with Crippen LogP contribution < -0.4 is 5.73 Å². The smallest absolute Gasteiger partial charge is 0.333 e. The van der Waals surface area contributed by atoms with Crippen molar-refractivity contribution in [2.45, 2.75) is 26.3 Å². The standard InChI is InChI=1S/C9H15N3O2/c1-4-14-8(13)9(2,3)12-6-5-7(10)11-12/h5-6H,4H2,1-3H3,(H2,10,11). The molecule has 78 valence electrons. The second-order valence-corrected chi connectivity index (χ2v) is 3.46. The molecule has 0 amide bonds. The molecule has 0 spiro atoms. The summed E-state index contributed by atoms with van der Waals surface area (Å²) in [5.74, 6) is 0.0745. The van der Waals surface area contributed by atoms with Crippen molar-refractivity contribution in [2.24, 2.45) is 0 Å². The van der Waals surface area contributed by atoms with Gasteiger partial charge in [0.2, 0.25) is 0 Å². The minimum absolute atomic E-state index is 0.317. The number of nitrogens with two attached hydrogens (primary N) is 1. The average molecular weight is 197 g/mol. The Balaban J connectivity index is 2.89. The summed E-state index contributed by atoms with van der Waals surface area (Å²) in [5, 5.41) is 3.98. The summed E-state index contributed by atoms with van der Waals surface area (Å²) in [6, 6.07) is 1.64. The number of hydrogen-bond acceptors (Lipinski definition) is 4. The molecule has 1 aromatic rings. The number of carbonyl (C=O) groups is 1. The highest BCUT2D eigenvalue weighted by Crippen LogP contribution is 2.16. The Morgan fingerprint density at radius 3 is 2.79 bits per heavy atom. The lowest BCUT2D eigenvalue weighted by Crippen LogP contribution is -2.37. The summed E-state index contributed by atoms with van der Waals surface area (Å²) in [6.07, 6.45) is 1.66. The molecule has 0 unspecified atom stereocenters. The van der Waals surface area contributed by atoms with E-state index in [4.69, 9.17) is 10.5 Å². The Kier molecular flexibility index (Phi) is 2.78. The van der Waals surface area contributed by atoms with Crippen LogP contribution >= 0.6 is 0 Å². The summed E-state index contributed by atoms with van der Waals surface area (Å²) in [6.45, 7) is 5.60. The van der Waals surface area contributed by atoms with Gasteiger partial charge in [-0.25, -0.2) is 4.79 Å². The fourth-order valence-electron chi connectivity index (χ4n) is 1.05. The lowest BCUT2D eigenvalue weighted by molar-refractivity contribution is -0.152. The SMILES string of the molecule is CCOC(=O)C(C)(C)n1ccc(N)n1. The second-order valence-electron chi connectivity index (χ2n) is 3.46. The van der Waals surface area contributed by atoms with Gasteiger partial charge in [-0.3, -0.25) is 4.68 Å². The molecule has 0 fully saturated rings. The van der Waals surface area contributed by atoms with Gasteiger partial charge in [0.15, 0.2) is 5.54 Å². The number of hydrogen-bond donors (Lipinski definition) is 1. The van der Waals surface area contributed by atoms with E-state index in [1.165, 1.54) is 4.68 Å². The Hall–Kier alpha value is -1.52. The van der Waals surface area contributed by atoms with Crippen molar-refractivity contribution in [1.82, 2.24) is 9.78 Å². The Labute approximate surface area is 82.8 Å². The zero-order valence-corrected chi connectivity index (χ0v) is 8.65. The number of esters is 1. The van der Waals surface area contributed by atoms with Crippen molar-refractivity contribution in [3.8, 4) is 0 Å². The van der Waals surface area contributed by atoms with Crippen LogP contribution in [0.2, 0.25) is 0 Å². The number of ether oxygens (including phenoxy) is 1. The first-order chi connectivity index (χ1) is 6.48. The first kappa shape index (κ1) is 10.6. The molecule has 0 atom stereocenters. The van der Waals surface area contributed by atoms with Crippen LogP contribution in [-0.2, 0) is 15.1 Å². The second kappa shape index (κ2) is 3.69. The maximum Gasteiger partial charge on any atom is 0.333 e. The van der Waals surface area contributed by atoms with Gasteiger partial charge in [0.1, 0.15) is 5.82 Å². The van der Waals surface area contributed by atoms with Crippen molar-refractivity contribution in [1.29, 1.82) is 0 Å². The third-order valence-corrected chi connectivity index (χ3v) is 1.96. The fourth-order valence-corrected chi connectivity index (χ4v) is 1.05. The normalized spacial score (nSPS) is 11.4. The first-order valence-corrected chi connectivity index (χ1v) is 4.47. The molecule has 0 saturated carbocycles. The van der Waals surface area contributed by atoms with E-state index in [9.17, 15) is 4.79 Å². The number of aromatic nitrogens is 2. The van der Waals surface area contributed by atoms with Crippen molar-refractivity contribution in [3.05, 3.63) is 12.3 Å². The lowest BCUT2D eigenvalue weighted by atomic mass is 10.1. The van der Waals surface area contributed by atoms with Crippen molar-refractivity contribution in [3.63, 3.8) is 0 Å². The zero-order chi connectivity index (χ0) is 10.8. The van der Waals surface area contributed by atoms with Crippen molar-refractivity contribution >= 4 is 11.8 Å². The molecule has 5 nitrogen and oxygen atoms in total. The van der Waals surface area contributed by atoms with E-state index in [2.05, 4.69) is 5.10 Å². The van der Waals surface area contributed by atoms with E-state index in [1.807, 2.05) is 0 Å². The molecular weight excluding hydrogens is 182 g/mol. The minimum atomic E-state index is -0.812. The zero-order valence-electron chi connectivity index (χ0n) is 8.65. The first-order valence-electron chi connectivity index (χ1n) is 4.47. The summed E-state index contributed by atoms with van der Waals surface area (Å²) < 4.78 is 6.43. The number of rotatable bonds is 3. The van der Waals surface area contributed by atoms with E-state index >= 15 is 0 Å². The predicted molar refractivity (Wildman–Crippen MR) is 52.6 cm³/mol. The number of carbonyl (C=O) groups excluding carboxylic acids is 1. The molecule has 0 aliphatic rings. The molecule has 0 aromatic carbocycles. The lowest BCUT2D eigenvalue weighted by Gasteiger charge is -2.22. The van der Waals surface area contributed by atoms with Gasteiger partial charge < -0.3 is 10.5 Å². The van der Waals surface area contributed by atoms with E-state index in [-0.39, 0.29) is 5.97 Å². The van der Waals surface area contributed by atoms with Crippen LogP contribution in [0, 0.1) is 0 Å². The van der Waals surface area contributed by atoms with Crippen molar-refractivity contribution < 1.29 is 9.53 Å². The molecule has 0 aliphatic heterocycles. The van der Waals surface area contributed by atoms with Crippen LogP contribution in [0.3, 0.4) is 0 Å². The predicted octanol–water partition coefficient (Wildman–Crippen LogP) is 0.763. The molecule has 0 aliphatic carbocycles. The molecule has 1 rings (SSSR count). The summed E-state index contributed by atoms with van der Waals surface area (Å²) >= 11 is 0. The fraction of sp³-hybridized carbons (Fsp3) is 0.556. The minimum Gasteiger partial charge on any atom is -0.464 e. The van der Waals surface area contributed by atoms with Crippen LogP contribution in [-0.4, -0.2) is 22.4 Å². The molecular formula is C9H15N3O2. The van der Waals surface area contributed by atoms with Crippen LogP contribution in [0.1, 0.15) is 20.8 Å². The molecule has 5 heteroatoms. The number of nitrogen functional groups attached to an aromatic ring is 1. The summed E-state index contributed by atoms with van der Waals surface area (Å²) in [4.78, 5) is 11.6. The highest BCUT2D eigenvalue weighted by Gasteiger charge is 2.31. The number of anilines is 1. The average Bonchev–Trinajstić information content (AvgIpc) is 2.52. The van der Waals surface area contributed by atoms with Crippen LogP contribution in [0.25, 0.3) is 0 Å². The van der Waals surface area contributed by atoms with Gasteiger partial charge in [-0.1, -0.05) is 0 Å². The topological polar surface area (TPSA) is 70.1 Å². The molecule has 0 bridgehead atoms. The van der Waals surface area contributed by atoms with Gasteiger partial charge in [-0.2, -0.15) is 5.10 Å². The Bertz CT molecular complexity index is 331. The third kappa shape index (κ3) is 1.86. The van der Waals surface area contributed by atoms with E-state index < -0.39 is 5.54 Å². The van der Waals surface area contributed by atoms with Crippen LogP contribution in [0.5, 0.6) is 0 Å². The van der Waals surface area contributed by atoms with Gasteiger partial charge in [0.25, 0.3) is 0 Å². The summed E-state index contributed by atoms with van der Waals surface area (Å²) in [7, 11) is 0. The Morgan fingerprint density at radius 2 is 2.36 bits per heavy atom. The molecule has 0 radical (unpaired) electrons. The van der Waals surface area contributed by atoms with Gasteiger partial charge in [-0.05, 0) is 26.8 Å². The summed E-state index contributed by atoms with van der Waals surface area (Å²) in [5.41, 5.74) is 4.65. The maximum absolute atomic E-state index is 11.6. The van der Waals surface area contributed by atoms with Gasteiger partial charge in [0.05, 0.1) is 6.61 Å². The molecule has 14 heavy (non-hydrogen) atoms.